The molecular weight excluding hydrogens is 329 g/mol. The van der Waals surface area contributed by atoms with Gasteiger partial charge in [0.2, 0.25) is 0 Å². The number of hydrogen-bond acceptors (Lipinski definition) is 2. The molecule has 0 aromatic carbocycles. The summed E-state index contributed by atoms with van der Waals surface area (Å²) in [6.45, 7) is 6.34. The van der Waals surface area contributed by atoms with Gasteiger partial charge in [-0.25, -0.2) is 4.79 Å². The number of likely N-dealkylation sites (tertiary alicyclic amines) is 1. The molecule has 4 nitrogen and oxygen atoms in total. The molecule has 0 N–H and O–H groups in total. The lowest BCUT2D eigenvalue weighted by Crippen LogP contribution is -2.37. The fraction of sp³-hybridized carbons (Fsp3) is 0.917. The predicted octanol–water partition coefficient (Wildman–Crippen LogP) is 1.64. The minimum Gasteiger partial charge on any atom is -0.326 e. The Bertz CT molecular complexity index is 266. The average Bonchev–Trinajstić information content (AvgIpc) is 2.64. The van der Waals surface area contributed by atoms with E-state index in [2.05, 4.69) is 27.5 Å². The van der Waals surface area contributed by atoms with Gasteiger partial charge in [0.05, 0.1) is 0 Å². The Morgan fingerprint density at radius 2 is 1.88 bits per heavy atom. The Morgan fingerprint density at radius 1 is 1.18 bits per heavy atom. The number of likely N-dealkylation sites (N-methyl/N-ethyl adjacent to an activating group) is 1. The van der Waals surface area contributed by atoms with Crippen LogP contribution in [0.25, 0.3) is 0 Å². The van der Waals surface area contributed by atoms with E-state index in [1.165, 1.54) is 25.9 Å². The zero-order chi connectivity index (χ0) is 12.3. The molecule has 0 aromatic rings. The molecule has 2 fully saturated rings. The largest absolute Gasteiger partial charge is 0.326 e. The van der Waals surface area contributed by atoms with Crippen LogP contribution in [0.3, 0.4) is 0 Å². The van der Waals surface area contributed by atoms with Gasteiger partial charge in [0.25, 0.3) is 0 Å². The first-order valence-corrected chi connectivity index (χ1v) is 7.78. The van der Waals surface area contributed by atoms with Crippen molar-refractivity contribution in [1.29, 1.82) is 0 Å². The normalized spacial score (nSPS) is 23.8. The van der Waals surface area contributed by atoms with Crippen molar-refractivity contribution in [3.63, 3.8) is 0 Å². The minimum atomic E-state index is 0.205. The molecule has 0 aromatic heterocycles. The highest BCUT2D eigenvalue weighted by molar-refractivity contribution is 14.1. The third-order valence-corrected chi connectivity index (χ3v) is 4.97. The lowest BCUT2D eigenvalue weighted by molar-refractivity contribution is 0.190. The second-order valence-electron chi connectivity index (χ2n) is 5.06. The van der Waals surface area contributed by atoms with Crippen LogP contribution in [0.2, 0.25) is 0 Å². The van der Waals surface area contributed by atoms with E-state index in [1.807, 2.05) is 16.8 Å². The Balaban J connectivity index is 1.61. The molecule has 17 heavy (non-hydrogen) atoms. The fourth-order valence-electron chi connectivity index (χ4n) is 2.52. The minimum absolute atomic E-state index is 0.205. The number of nitrogens with zero attached hydrogens (tertiary/aromatic N) is 3. The highest BCUT2D eigenvalue weighted by Gasteiger charge is 2.24. The van der Waals surface area contributed by atoms with E-state index >= 15 is 0 Å². The number of carbonyl (C=O) groups is 1. The van der Waals surface area contributed by atoms with Gasteiger partial charge in [0, 0.05) is 30.6 Å². The summed E-state index contributed by atoms with van der Waals surface area (Å²) in [6.07, 6.45) is 3.77. The van der Waals surface area contributed by atoms with E-state index in [0.717, 1.165) is 36.5 Å². The molecule has 2 amide bonds. The predicted molar refractivity (Wildman–Crippen MR) is 77.7 cm³/mol. The van der Waals surface area contributed by atoms with E-state index in [1.54, 1.807) is 0 Å². The molecule has 2 heterocycles. The zero-order valence-electron chi connectivity index (χ0n) is 10.6. The van der Waals surface area contributed by atoms with Gasteiger partial charge in [-0.2, -0.15) is 0 Å². The van der Waals surface area contributed by atoms with E-state index < -0.39 is 0 Å². The monoisotopic (exact) mass is 351 g/mol. The maximum Gasteiger partial charge on any atom is 0.319 e. The lowest BCUT2D eigenvalue weighted by atomic mass is 10.1. The fourth-order valence-corrected chi connectivity index (χ4v) is 3.08. The number of rotatable bonds is 4. The van der Waals surface area contributed by atoms with Crippen molar-refractivity contribution in [3.05, 3.63) is 0 Å². The van der Waals surface area contributed by atoms with Gasteiger partial charge in [-0.15, -0.1) is 0 Å². The highest BCUT2D eigenvalue weighted by atomic mass is 127. The van der Waals surface area contributed by atoms with Crippen LogP contribution in [0.15, 0.2) is 0 Å². The van der Waals surface area contributed by atoms with Crippen molar-refractivity contribution in [2.75, 3.05) is 46.3 Å². The third-order valence-electron chi connectivity index (χ3n) is 3.72. The van der Waals surface area contributed by atoms with Crippen molar-refractivity contribution >= 4 is 28.6 Å². The molecule has 2 aliphatic heterocycles. The van der Waals surface area contributed by atoms with Crippen LogP contribution in [-0.4, -0.2) is 71.0 Å². The first-order chi connectivity index (χ1) is 8.16. The molecule has 5 heteroatoms. The Morgan fingerprint density at radius 3 is 2.47 bits per heavy atom. The van der Waals surface area contributed by atoms with E-state index in [4.69, 9.17) is 0 Å². The number of amides is 2. The molecule has 2 saturated heterocycles. The van der Waals surface area contributed by atoms with E-state index in [-0.39, 0.29) is 6.03 Å². The number of carbonyl (C=O) groups excluding carboxylic acids is 1. The second kappa shape index (κ2) is 6.22. The van der Waals surface area contributed by atoms with Gasteiger partial charge in [0.15, 0.2) is 0 Å². The number of hydrogen-bond donors (Lipinski definition) is 0. The van der Waals surface area contributed by atoms with Crippen LogP contribution in [0, 0.1) is 0 Å². The molecule has 0 radical (unpaired) electrons. The van der Waals surface area contributed by atoms with E-state index in [0.29, 0.717) is 0 Å². The highest BCUT2D eigenvalue weighted by Crippen LogP contribution is 2.18. The van der Waals surface area contributed by atoms with E-state index in [9.17, 15) is 4.79 Å². The summed E-state index contributed by atoms with van der Waals surface area (Å²) in [6, 6.07) is 0.205. The molecule has 0 atom stereocenters. The Hall–Kier alpha value is -0.0400. The number of piperidine rings is 1. The van der Waals surface area contributed by atoms with Crippen LogP contribution in [0.4, 0.5) is 4.79 Å². The van der Waals surface area contributed by atoms with Crippen LogP contribution in [0.1, 0.15) is 19.3 Å². The second-order valence-corrected chi connectivity index (χ2v) is 6.82. The van der Waals surface area contributed by atoms with Crippen molar-refractivity contribution in [1.82, 2.24) is 14.7 Å². The number of alkyl halides is 1. The zero-order valence-corrected chi connectivity index (χ0v) is 12.7. The maximum atomic E-state index is 11.7. The molecule has 0 aliphatic carbocycles. The quantitative estimate of drug-likeness (QED) is 0.569. The molecule has 98 valence electrons. The summed E-state index contributed by atoms with van der Waals surface area (Å²) >= 11 is 2.56. The van der Waals surface area contributed by atoms with Gasteiger partial charge in [0.1, 0.15) is 0 Å². The Labute approximate surface area is 117 Å². The molecule has 2 aliphatic rings. The summed E-state index contributed by atoms with van der Waals surface area (Å²) in [5.41, 5.74) is 0. The van der Waals surface area contributed by atoms with Crippen molar-refractivity contribution in [2.24, 2.45) is 0 Å². The SMILES string of the molecule is CN1CCN(CCCN2CCC(I)CC2)C1=O. The van der Waals surface area contributed by atoms with Crippen LogP contribution < -0.4 is 0 Å². The van der Waals surface area contributed by atoms with Crippen molar-refractivity contribution in [2.45, 2.75) is 23.2 Å². The average molecular weight is 351 g/mol. The third kappa shape index (κ3) is 3.71. The molecule has 0 spiro atoms. The molecule has 2 rings (SSSR count). The molecular formula is C12H22IN3O. The lowest BCUT2D eigenvalue weighted by Gasteiger charge is -2.29. The van der Waals surface area contributed by atoms with Crippen molar-refractivity contribution in [3.8, 4) is 0 Å². The molecule has 0 unspecified atom stereocenters. The van der Waals surface area contributed by atoms with Crippen molar-refractivity contribution < 1.29 is 4.79 Å². The summed E-state index contributed by atoms with van der Waals surface area (Å²) < 4.78 is 0.873. The summed E-state index contributed by atoms with van der Waals surface area (Å²) in [5, 5.41) is 0. The van der Waals surface area contributed by atoms with Crippen LogP contribution >= 0.6 is 22.6 Å². The standard InChI is InChI=1S/C12H22IN3O/c1-14-9-10-16(12(14)17)6-2-5-15-7-3-11(13)4-8-15/h11H,2-10H2,1H3. The van der Waals surface area contributed by atoms with Gasteiger partial charge in [-0.3, -0.25) is 0 Å². The molecule has 0 bridgehead atoms. The summed E-state index contributed by atoms with van der Waals surface area (Å²) in [4.78, 5) is 18.0. The van der Waals surface area contributed by atoms with Gasteiger partial charge >= 0.3 is 6.03 Å². The van der Waals surface area contributed by atoms with Crippen LogP contribution in [-0.2, 0) is 0 Å². The first kappa shape index (κ1) is 13.4. The number of halogens is 1. The van der Waals surface area contributed by atoms with Gasteiger partial charge in [-0.1, -0.05) is 22.6 Å². The summed E-state index contributed by atoms with van der Waals surface area (Å²) in [5.74, 6) is 0. The summed E-state index contributed by atoms with van der Waals surface area (Å²) in [7, 11) is 1.88. The number of urea groups is 1. The molecule has 0 saturated carbocycles. The first-order valence-electron chi connectivity index (χ1n) is 6.53. The van der Waals surface area contributed by atoms with Crippen LogP contribution in [0.5, 0.6) is 0 Å². The Kier molecular flexibility index (Phi) is 4.90. The smallest absolute Gasteiger partial charge is 0.319 e. The van der Waals surface area contributed by atoms with Gasteiger partial charge < -0.3 is 14.7 Å². The maximum absolute atomic E-state index is 11.7. The van der Waals surface area contributed by atoms with Gasteiger partial charge in [-0.05, 0) is 38.9 Å². The topological polar surface area (TPSA) is 26.8 Å².